The number of para-hydroxylation sites is 1. The van der Waals surface area contributed by atoms with E-state index >= 15 is 0 Å². The largest absolute Gasteiger partial charge is 0.492 e. The van der Waals surface area contributed by atoms with Crippen LogP contribution in [-0.4, -0.2) is 30.1 Å². The summed E-state index contributed by atoms with van der Waals surface area (Å²) in [6.45, 7) is 2.24. The summed E-state index contributed by atoms with van der Waals surface area (Å²) < 4.78 is 6.60. The van der Waals surface area contributed by atoms with Crippen LogP contribution in [0.25, 0.3) is 0 Å². The number of hydrogen-bond acceptors (Lipinski definition) is 4. The fourth-order valence-corrected chi connectivity index (χ4v) is 3.23. The molecule has 2 aromatic rings. The molecule has 3 nitrogen and oxygen atoms in total. The number of rotatable bonds is 7. The number of ether oxygens (including phenoxy) is 1. The molecule has 1 aromatic heterocycles. The van der Waals surface area contributed by atoms with Crippen LogP contribution in [0, 0.1) is 0 Å². The monoisotopic (exact) mass is 340 g/mol. The Morgan fingerprint density at radius 1 is 1.33 bits per heavy atom. The summed E-state index contributed by atoms with van der Waals surface area (Å²) in [5.41, 5.74) is 6.46. The molecular weight excluding hydrogens is 324 g/mol. The second-order valence-electron chi connectivity index (χ2n) is 4.65. The van der Waals surface area contributed by atoms with Gasteiger partial charge in [0.05, 0.1) is 9.90 Å². The first-order valence-electron chi connectivity index (χ1n) is 6.50. The van der Waals surface area contributed by atoms with Crippen molar-refractivity contribution >= 4 is 40.1 Å². The van der Waals surface area contributed by atoms with Crippen LogP contribution < -0.4 is 10.5 Å². The highest BCUT2D eigenvalue weighted by Gasteiger charge is 2.07. The SMILES string of the molecule is CN(CCOc1ccccc1C(N)=S)Cc1ccc(Cl)s1. The normalized spacial score (nSPS) is 10.8. The maximum atomic E-state index is 5.93. The van der Waals surface area contributed by atoms with E-state index in [9.17, 15) is 0 Å². The van der Waals surface area contributed by atoms with Crippen molar-refractivity contribution in [1.82, 2.24) is 4.90 Å². The molecule has 0 saturated carbocycles. The lowest BCUT2D eigenvalue weighted by molar-refractivity contribution is 0.233. The van der Waals surface area contributed by atoms with E-state index in [0.717, 1.165) is 28.7 Å². The molecule has 0 amide bonds. The highest BCUT2D eigenvalue weighted by molar-refractivity contribution is 7.80. The number of thiophene rings is 1. The number of benzene rings is 1. The minimum Gasteiger partial charge on any atom is -0.492 e. The van der Waals surface area contributed by atoms with Crippen molar-refractivity contribution in [3.8, 4) is 5.75 Å². The molecule has 0 saturated heterocycles. The first-order chi connectivity index (χ1) is 10.1. The Labute approximate surface area is 139 Å². The molecule has 0 aliphatic heterocycles. The standard InChI is InChI=1S/C15H17ClN2OS2/c1-18(10-11-6-7-14(16)21-11)8-9-19-13-5-3-2-4-12(13)15(17)20/h2-7H,8-10H2,1H3,(H2,17,20). The number of thiocarbonyl (C=S) groups is 1. The predicted molar refractivity (Wildman–Crippen MR) is 93.5 cm³/mol. The van der Waals surface area contributed by atoms with Gasteiger partial charge < -0.3 is 10.5 Å². The maximum absolute atomic E-state index is 5.93. The Bertz CT molecular complexity index is 615. The van der Waals surface area contributed by atoms with E-state index in [1.54, 1.807) is 11.3 Å². The molecule has 2 rings (SSSR count). The van der Waals surface area contributed by atoms with Crippen molar-refractivity contribution in [2.75, 3.05) is 20.2 Å². The third-order valence-electron chi connectivity index (χ3n) is 2.94. The molecule has 0 spiro atoms. The van der Waals surface area contributed by atoms with Gasteiger partial charge in [0.2, 0.25) is 0 Å². The van der Waals surface area contributed by atoms with Gasteiger partial charge in [-0.25, -0.2) is 0 Å². The van der Waals surface area contributed by atoms with Crippen LogP contribution in [-0.2, 0) is 6.54 Å². The highest BCUT2D eigenvalue weighted by atomic mass is 35.5. The van der Waals surface area contributed by atoms with Gasteiger partial charge in [0, 0.05) is 18.0 Å². The van der Waals surface area contributed by atoms with E-state index in [-0.39, 0.29) is 0 Å². The lowest BCUT2D eigenvalue weighted by Crippen LogP contribution is -2.24. The lowest BCUT2D eigenvalue weighted by Gasteiger charge is -2.17. The molecule has 0 bridgehead atoms. The molecule has 112 valence electrons. The van der Waals surface area contributed by atoms with Crippen molar-refractivity contribution in [3.63, 3.8) is 0 Å². The molecule has 1 aromatic carbocycles. The van der Waals surface area contributed by atoms with Gasteiger partial charge in [-0.15, -0.1) is 11.3 Å². The quantitative estimate of drug-likeness (QED) is 0.782. The van der Waals surface area contributed by atoms with Gasteiger partial charge in [0.1, 0.15) is 17.3 Å². The average Bonchev–Trinajstić information content (AvgIpc) is 2.84. The van der Waals surface area contributed by atoms with Gasteiger partial charge in [0.25, 0.3) is 0 Å². The summed E-state index contributed by atoms with van der Waals surface area (Å²) in [7, 11) is 2.05. The molecular formula is C15H17ClN2OS2. The summed E-state index contributed by atoms with van der Waals surface area (Å²) in [5, 5.41) is 0. The van der Waals surface area contributed by atoms with Crippen molar-refractivity contribution in [3.05, 3.63) is 51.2 Å². The average molecular weight is 341 g/mol. The van der Waals surface area contributed by atoms with Crippen LogP contribution in [0.5, 0.6) is 5.75 Å². The number of halogens is 1. The summed E-state index contributed by atoms with van der Waals surface area (Å²) >= 11 is 12.5. The molecule has 6 heteroatoms. The topological polar surface area (TPSA) is 38.5 Å². The summed E-state index contributed by atoms with van der Waals surface area (Å²) in [6, 6.07) is 11.5. The number of hydrogen-bond donors (Lipinski definition) is 1. The molecule has 0 atom stereocenters. The molecule has 0 aliphatic rings. The zero-order chi connectivity index (χ0) is 15.2. The lowest BCUT2D eigenvalue weighted by atomic mass is 10.2. The molecule has 21 heavy (non-hydrogen) atoms. The van der Waals surface area contributed by atoms with Crippen LogP contribution in [0.4, 0.5) is 0 Å². The predicted octanol–water partition coefficient (Wildman–Crippen LogP) is 3.55. The zero-order valence-corrected chi connectivity index (χ0v) is 14.1. The Morgan fingerprint density at radius 3 is 2.76 bits per heavy atom. The third kappa shape index (κ3) is 4.97. The fourth-order valence-electron chi connectivity index (χ4n) is 1.89. The first-order valence-corrected chi connectivity index (χ1v) is 8.11. The summed E-state index contributed by atoms with van der Waals surface area (Å²) in [4.78, 5) is 3.78. The van der Waals surface area contributed by atoms with Gasteiger partial charge in [-0.3, -0.25) is 4.90 Å². The van der Waals surface area contributed by atoms with E-state index in [2.05, 4.69) is 11.9 Å². The number of nitrogens with zero attached hydrogens (tertiary/aromatic N) is 1. The van der Waals surface area contributed by atoms with E-state index in [1.807, 2.05) is 36.4 Å². The van der Waals surface area contributed by atoms with Gasteiger partial charge in [-0.1, -0.05) is 36.0 Å². The van der Waals surface area contributed by atoms with Crippen LogP contribution in [0.3, 0.4) is 0 Å². The second-order valence-corrected chi connectivity index (χ2v) is 6.89. The molecule has 2 N–H and O–H groups in total. The molecule has 0 aliphatic carbocycles. The van der Waals surface area contributed by atoms with Gasteiger partial charge >= 0.3 is 0 Å². The molecule has 0 radical (unpaired) electrons. The molecule has 0 fully saturated rings. The van der Waals surface area contributed by atoms with Crippen LogP contribution in [0.15, 0.2) is 36.4 Å². The highest BCUT2D eigenvalue weighted by Crippen LogP contribution is 2.22. The Kier molecular flexibility index (Phi) is 5.99. The van der Waals surface area contributed by atoms with Gasteiger partial charge in [-0.2, -0.15) is 0 Å². The number of likely N-dealkylation sites (N-methyl/N-ethyl adjacent to an activating group) is 1. The fraction of sp³-hybridized carbons (Fsp3) is 0.267. The molecule has 1 heterocycles. The van der Waals surface area contributed by atoms with E-state index in [0.29, 0.717) is 11.6 Å². The Hall–Kier alpha value is -1.14. The van der Waals surface area contributed by atoms with E-state index in [4.69, 9.17) is 34.3 Å². The first kappa shape index (κ1) is 16.2. The maximum Gasteiger partial charge on any atom is 0.129 e. The van der Waals surface area contributed by atoms with Crippen molar-refractivity contribution in [1.29, 1.82) is 0 Å². The minimum absolute atomic E-state index is 0.354. The van der Waals surface area contributed by atoms with Crippen molar-refractivity contribution < 1.29 is 4.74 Å². The smallest absolute Gasteiger partial charge is 0.129 e. The summed E-state index contributed by atoms with van der Waals surface area (Å²) in [6.07, 6.45) is 0. The van der Waals surface area contributed by atoms with Crippen LogP contribution in [0.2, 0.25) is 4.34 Å². The Balaban J connectivity index is 1.83. The molecule has 0 unspecified atom stereocenters. The van der Waals surface area contributed by atoms with Crippen molar-refractivity contribution in [2.45, 2.75) is 6.54 Å². The van der Waals surface area contributed by atoms with Crippen LogP contribution in [0.1, 0.15) is 10.4 Å². The van der Waals surface area contributed by atoms with Crippen molar-refractivity contribution in [2.24, 2.45) is 5.73 Å². The van der Waals surface area contributed by atoms with E-state index in [1.165, 1.54) is 4.88 Å². The van der Waals surface area contributed by atoms with E-state index < -0.39 is 0 Å². The van der Waals surface area contributed by atoms with Crippen LogP contribution >= 0.6 is 35.2 Å². The third-order valence-corrected chi connectivity index (χ3v) is 4.37. The number of nitrogens with two attached hydrogens (primary N) is 1. The summed E-state index contributed by atoms with van der Waals surface area (Å²) in [5.74, 6) is 0.734. The second kappa shape index (κ2) is 7.75. The van der Waals surface area contributed by atoms with Gasteiger partial charge in [-0.05, 0) is 31.3 Å². The zero-order valence-electron chi connectivity index (χ0n) is 11.7. The van der Waals surface area contributed by atoms with Gasteiger partial charge in [0.15, 0.2) is 0 Å². The minimum atomic E-state index is 0.354. The Morgan fingerprint density at radius 2 is 2.10 bits per heavy atom.